The largest absolute Gasteiger partial charge is 0.481 e. The van der Waals surface area contributed by atoms with Crippen LogP contribution in [0, 0.1) is 0 Å². The van der Waals surface area contributed by atoms with E-state index < -0.39 is 29.9 Å². The lowest BCUT2D eigenvalue weighted by molar-refractivity contribution is -0.144. The van der Waals surface area contributed by atoms with Crippen LogP contribution in [0.1, 0.15) is 32.1 Å². The fraction of sp³-hybridized carbons (Fsp3) is 0.762. The SMILES string of the molecule is CNC(=O)CCC(C(=O)O)N(CCN)CCN(CCN(CCCCC(=O)O)CC(=O)O)CC(=O)O. The van der Waals surface area contributed by atoms with E-state index in [2.05, 4.69) is 5.32 Å². The molecule has 0 spiro atoms. The molecule has 0 saturated carbocycles. The van der Waals surface area contributed by atoms with Gasteiger partial charge in [-0.3, -0.25) is 38.7 Å². The standard InChI is InChI=1S/C21H39N5O9/c1-23-17(27)6-5-16(21(34)35)26(9-7-22)13-12-25(15-20(32)33)11-10-24(14-19(30)31)8-3-2-4-18(28)29/h16H,2-15,22H2,1H3,(H,23,27)(H,28,29)(H,30,31)(H,32,33)(H,34,35). The number of nitrogens with zero attached hydrogens (tertiary/aromatic N) is 3. The van der Waals surface area contributed by atoms with Crippen LogP contribution < -0.4 is 11.1 Å². The summed E-state index contributed by atoms with van der Waals surface area (Å²) in [6.07, 6.45) is 0.934. The van der Waals surface area contributed by atoms with E-state index in [1.807, 2.05) is 0 Å². The molecule has 0 aliphatic carbocycles. The van der Waals surface area contributed by atoms with Crippen molar-refractivity contribution >= 4 is 29.8 Å². The second-order valence-corrected chi connectivity index (χ2v) is 8.08. The number of carbonyl (C=O) groups is 5. The van der Waals surface area contributed by atoms with Crippen molar-refractivity contribution in [3.05, 3.63) is 0 Å². The predicted molar refractivity (Wildman–Crippen MR) is 125 cm³/mol. The average molecular weight is 506 g/mol. The Morgan fingerprint density at radius 1 is 0.743 bits per heavy atom. The molecule has 0 rings (SSSR count). The molecule has 0 aromatic rings. The Balaban J connectivity index is 5.14. The second-order valence-electron chi connectivity index (χ2n) is 8.08. The van der Waals surface area contributed by atoms with Crippen LogP contribution in [-0.4, -0.2) is 137 Å². The summed E-state index contributed by atoms with van der Waals surface area (Å²) in [7, 11) is 1.46. The summed E-state index contributed by atoms with van der Waals surface area (Å²) in [4.78, 5) is 61.3. The normalized spacial score (nSPS) is 12.1. The zero-order valence-corrected chi connectivity index (χ0v) is 20.2. The number of carboxylic acids is 4. The van der Waals surface area contributed by atoms with Crippen LogP contribution in [0.15, 0.2) is 0 Å². The lowest BCUT2D eigenvalue weighted by Gasteiger charge is -2.31. The van der Waals surface area contributed by atoms with E-state index in [0.717, 1.165) is 0 Å². The van der Waals surface area contributed by atoms with Gasteiger partial charge >= 0.3 is 23.9 Å². The summed E-state index contributed by atoms with van der Waals surface area (Å²) in [6.45, 7) is 0.989. The predicted octanol–water partition coefficient (Wildman–Crippen LogP) is -1.75. The van der Waals surface area contributed by atoms with Crippen LogP contribution in [-0.2, 0) is 24.0 Å². The highest BCUT2D eigenvalue weighted by atomic mass is 16.4. The van der Waals surface area contributed by atoms with Gasteiger partial charge in [-0.05, 0) is 25.8 Å². The van der Waals surface area contributed by atoms with E-state index in [4.69, 9.17) is 15.9 Å². The van der Waals surface area contributed by atoms with Crippen LogP contribution in [0.3, 0.4) is 0 Å². The Kier molecular flexibility index (Phi) is 17.0. The van der Waals surface area contributed by atoms with Crippen molar-refractivity contribution in [2.45, 2.75) is 38.1 Å². The molecule has 0 saturated heterocycles. The zero-order valence-electron chi connectivity index (χ0n) is 20.2. The molecule has 0 radical (unpaired) electrons. The summed E-state index contributed by atoms with van der Waals surface area (Å²) in [5.74, 6) is -4.47. The first-order chi connectivity index (χ1) is 16.5. The number of carbonyl (C=O) groups excluding carboxylic acids is 1. The number of hydrogen-bond acceptors (Lipinski definition) is 9. The first kappa shape index (κ1) is 32.2. The van der Waals surface area contributed by atoms with Crippen molar-refractivity contribution in [2.24, 2.45) is 5.73 Å². The molecule has 35 heavy (non-hydrogen) atoms. The minimum Gasteiger partial charge on any atom is -0.481 e. The third kappa shape index (κ3) is 16.5. The van der Waals surface area contributed by atoms with Crippen molar-refractivity contribution in [3.63, 3.8) is 0 Å². The van der Waals surface area contributed by atoms with Crippen LogP contribution in [0.5, 0.6) is 0 Å². The molecular formula is C21H39N5O9. The number of nitrogens with two attached hydrogens (primary N) is 1. The van der Waals surface area contributed by atoms with Gasteiger partial charge in [0.1, 0.15) is 6.04 Å². The topological polar surface area (TPSA) is 214 Å². The molecule has 0 aliphatic rings. The van der Waals surface area contributed by atoms with E-state index in [1.165, 1.54) is 7.05 Å². The average Bonchev–Trinajstić information content (AvgIpc) is 2.76. The van der Waals surface area contributed by atoms with E-state index in [0.29, 0.717) is 19.4 Å². The fourth-order valence-corrected chi connectivity index (χ4v) is 3.53. The zero-order chi connectivity index (χ0) is 26.8. The van der Waals surface area contributed by atoms with Gasteiger partial charge in [0, 0.05) is 59.2 Å². The fourth-order valence-electron chi connectivity index (χ4n) is 3.53. The molecule has 0 aromatic heterocycles. The number of hydrogen-bond donors (Lipinski definition) is 6. The minimum atomic E-state index is -1.11. The molecule has 1 unspecified atom stereocenters. The maximum atomic E-state index is 11.8. The molecule has 14 nitrogen and oxygen atoms in total. The quantitative estimate of drug-likeness (QED) is 0.0902. The van der Waals surface area contributed by atoms with Gasteiger partial charge in [-0.25, -0.2) is 0 Å². The molecule has 0 heterocycles. The Hall–Kier alpha value is -2.81. The van der Waals surface area contributed by atoms with E-state index in [1.54, 1.807) is 14.7 Å². The van der Waals surface area contributed by atoms with Crippen LogP contribution in [0.2, 0.25) is 0 Å². The van der Waals surface area contributed by atoms with E-state index in [9.17, 15) is 34.2 Å². The number of rotatable bonds is 22. The molecular weight excluding hydrogens is 466 g/mol. The monoisotopic (exact) mass is 505 g/mol. The van der Waals surface area contributed by atoms with Crippen molar-refractivity contribution in [2.75, 3.05) is 66.0 Å². The van der Waals surface area contributed by atoms with E-state index >= 15 is 0 Å². The lowest BCUT2D eigenvalue weighted by atomic mass is 10.1. The molecule has 14 heteroatoms. The van der Waals surface area contributed by atoms with Gasteiger partial charge in [-0.2, -0.15) is 0 Å². The molecule has 0 aromatic carbocycles. The van der Waals surface area contributed by atoms with Gasteiger partial charge in [0.2, 0.25) is 5.91 Å². The maximum absolute atomic E-state index is 11.8. The van der Waals surface area contributed by atoms with E-state index in [-0.39, 0.29) is 77.5 Å². The third-order valence-electron chi connectivity index (χ3n) is 5.33. The number of nitrogens with one attached hydrogen (secondary N) is 1. The Bertz CT molecular complexity index is 692. The first-order valence-corrected chi connectivity index (χ1v) is 11.5. The minimum absolute atomic E-state index is 0.0133. The third-order valence-corrected chi connectivity index (χ3v) is 5.33. The number of amides is 1. The Morgan fingerprint density at radius 2 is 1.29 bits per heavy atom. The highest BCUT2D eigenvalue weighted by Gasteiger charge is 2.26. The number of unbranched alkanes of at least 4 members (excludes halogenated alkanes) is 1. The van der Waals surface area contributed by atoms with Crippen molar-refractivity contribution in [1.82, 2.24) is 20.0 Å². The summed E-state index contributed by atoms with van der Waals surface area (Å²) < 4.78 is 0. The summed E-state index contributed by atoms with van der Waals surface area (Å²) in [6, 6.07) is -0.972. The second kappa shape index (κ2) is 18.5. The smallest absolute Gasteiger partial charge is 0.320 e. The summed E-state index contributed by atoms with van der Waals surface area (Å²) in [5.41, 5.74) is 5.64. The molecule has 0 bridgehead atoms. The van der Waals surface area contributed by atoms with Crippen LogP contribution >= 0.6 is 0 Å². The lowest BCUT2D eigenvalue weighted by Crippen LogP contribution is -2.49. The maximum Gasteiger partial charge on any atom is 0.320 e. The van der Waals surface area contributed by atoms with Crippen molar-refractivity contribution in [3.8, 4) is 0 Å². The van der Waals surface area contributed by atoms with Gasteiger partial charge in [0.15, 0.2) is 0 Å². The van der Waals surface area contributed by atoms with Crippen molar-refractivity contribution < 1.29 is 44.4 Å². The van der Waals surface area contributed by atoms with Crippen molar-refractivity contribution in [1.29, 1.82) is 0 Å². The van der Waals surface area contributed by atoms with Gasteiger partial charge in [-0.15, -0.1) is 0 Å². The molecule has 1 atom stereocenters. The molecule has 202 valence electrons. The highest BCUT2D eigenvalue weighted by Crippen LogP contribution is 2.09. The highest BCUT2D eigenvalue weighted by molar-refractivity contribution is 5.78. The van der Waals surface area contributed by atoms with Gasteiger partial charge in [0.25, 0.3) is 0 Å². The molecule has 1 amide bonds. The molecule has 0 aliphatic heterocycles. The number of carboxylic acid groups (broad SMARTS) is 4. The van der Waals surface area contributed by atoms with Gasteiger partial charge in [0.05, 0.1) is 13.1 Å². The molecule has 7 N–H and O–H groups in total. The van der Waals surface area contributed by atoms with Gasteiger partial charge in [-0.1, -0.05) is 0 Å². The summed E-state index contributed by atoms with van der Waals surface area (Å²) in [5, 5.41) is 39.2. The Labute approximate surface area is 204 Å². The van der Waals surface area contributed by atoms with Crippen LogP contribution in [0.25, 0.3) is 0 Å². The van der Waals surface area contributed by atoms with Gasteiger partial charge < -0.3 is 31.5 Å². The summed E-state index contributed by atoms with van der Waals surface area (Å²) >= 11 is 0. The Morgan fingerprint density at radius 3 is 1.74 bits per heavy atom. The molecule has 0 fully saturated rings. The first-order valence-electron chi connectivity index (χ1n) is 11.5. The van der Waals surface area contributed by atoms with Crippen LogP contribution in [0.4, 0.5) is 0 Å². The number of aliphatic carboxylic acids is 4.